The van der Waals surface area contributed by atoms with Crippen LogP contribution in [0.1, 0.15) is 42.4 Å². The quantitative estimate of drug-likeness (QED) is 0.575. The van der Waals surface area contributed by atoms with Crippen molar-refractivity contribution in [2.24, 2.45) is 0 Å². The van der Waals surface area contributed by atoms with Crippen LogP contribution < -0.4 is 15.0 Å². The van der Waals surface area contributed by atoms with Crippen molar-refractivity contribution in [3.05, 3.63) is 35.2 Å². The van der Waals surface area contributed by atoms with Crippen LogP contribution in [0.5, 0.6) is 5.75 Å². The molecule has 1 aromatic carbocycles. The fourth-order valence-electron chi connectivity index (χ4n) is 6.07. The minimum absolute atomic E-state index is 0.0679. The molecule has 4 aliphatic heterocycles. The van der Waals surface area contributed by atoms with Crippen LogP contribution in [0.3, 0.4) is 0 Å². The number of likely N-dealkylation sites (tertiary alicyclic amines) is 2. The summed E-state index contributed by atoms with van der Waals surface area (Å²) in [5.74, 6) is 8.23. The Hall–Kier alpha value is -3.36. The minimum atomic E-state index is -2.99. The van der Waals surface area contributed by atoms with Crippen molar-refractivity contribution in [1.82, 2.24) is 19.8 Å². The number of carbonyl (C=O) groups excluding carboxylic acids is 1. The van der Waals surface area contributed by atoms with E-state index in [1.165, 1.54) is 11.9 Å². The molecular weight excluding hydrogens is 516 g/mol. The largest absolute Gasteiger partial charge is 0.486 e. The number of piperidine rings is 1. The number of aromatic nitrogens is 2. The predicted octanol–water partition coefficient (Wildman–Crippen LogP) is 2.07. The molecule has 6 rings (SSSR count). The standard InChI is InChI=1S/C28H34N6O4S/c1-3-4-25(35)34-15-22(16-34)32-7-5-20(6-8-32)21-13-19(2)26-24(14-21)31-27-23(17-38-26)28(30-18-29-27)33-9-11-39(36,37)12-10-33/h13-14,18,20,22H,5-12,15-17H2,1-2H3,(H,29,30,31). The summed E-state index contributed by atoms with van der Waals surface area (Å²) in [5, 5.41) is 3.51. The minimum Gasteiger partial charge on any atom is -0.486 e. The summed E-state index contributed by atoms with van der Waals surface area (Å²) in [6, 6.07) is 4.87. The second-order valence-corrected chi connectivity index (χ2v) is 13.1. The average Bonchev–Trinajstić information content (AvgIpc) is 3.08. The Morgan fingerprint density at radius 1 is 1.10 bits per heavy atom. The number of nitrogens with one attached hydrogen (secondary N) is 1. The van der Waals surface area contributed by atoms with Gasteiger partial charge in [-0.3, -0.25) is 9.69 Å². The molecule has 2 aromatic rings. The number of benzene rings is 1. The summed E-state index contributed by atoms with van der Waals surface area (Å²) in [6.45, 7) is 8.51. The van der Waals surface area contributed by atoms with Crippen molar-refractivity contribution in [2.45, 2.75) is 45.3 Å². The molecule has 1 aromatic heterocycles. The van der Waals surface area contributed by atoms with E-state index >= 15 is 0 Å². The van der Waals surface area contributed by atoms with E-state index in [0.29, 0.717) is 37.5 Å². The molecule has 0 atom stereocenters. The third-order valence-corrected chi connectivity index (χ3v) is 9.99. The van der Waals surface area contributed by atoms with Gasteiger partial charge in [0.25, 0.3) is 5.91 Å². The van der Waals surface area contributed by atoms with Crippen LogP contribution in [0.25, 0.3) is 0 Å². The number of aryl methyl sites for hydroxylation is 1. The van der Waals surface area contributed by atoms with Gasteiger partial charge in [0, 0.05) is 32.2 Å². The van der Waals surface area contributed by atoms with Crippen LogP contribution in [0.15, 0.2) is 18.5 Å². The lowest BCUT2D eigenvalue weighted by Gasteiger charge is -2.47. The number of hydrogen-bond acceptors (Lipinski definition) is 9. The van der Waals surface area contributed by atoms with Gasteiger partial charge in [0.15, 0.2) is 9.84 Å². The summed E-state index contributed by atoms with van der Waals surface area (Å²) in [7, 11) is -2.99. The van der Waals surface area contributed by atoms with Crippen LogP contribution in [0.4, 0.5) is 17.3 Å². The van der Waals surface area contributed by atoms with Gasteiger partial charge in [-0.2, -0.15) is 0 Å². The number of ether oxygens (including phenoxy) is 1. The molecule has 0 spiro atoms. The third kappa shape index (κ3) is 5.15. The van der Waals surface area contributed by atoms with E-state index in [1.54, 1.807) is 6.92 Å². The van der Waals surface area contributed by atoms with E-state index in [0.717, 1.165) is 67.4 Å². The molecule has 0 bridgehead atoms. The maximum atomic E-state index is 11.9. The molecule has 1 N–H and O–H groups in total. The predicted molar refractivity (Wildman–Crippen MR) is 149 cm³/mol. The SMILES string of the molecule is CC#CC(=O)N1CC(N2CCC(c3cc(C)c4c(c3)Nc3ncnc(N5CCS(=O)(=O)CC5)c3CO4)CC2)C1. The van der Waals surface area contributed by atoms with E-state index in [2.05, 4.69) is 51.1 Å². The van der Waals surface area contributed by atoms with Crippen LogP contribution in [0, 0.1) is 18.8 Å². The lowest BCUT2D eigenvalue weighted by molar-refractivity contribution is -0.132. The number of carbonyl (C=O) groups is 1. The molecule has 206 valence electrons. The Morgan fingerprint density at radius 2 is 1.85 bits per heavy atom. The summed E-state index contributed by atoms with van der Waals surface area (Å²) >= 11 is 0. The smallest absolute Gasteiger partial charge is 0.298 e. The topological polar surface area (TPSA) is 108 Å². The number of rotatable bonds is 3. The molecule has 5 heterocycles. The van der Waals surface area contributed by atoms with Gasteiger partial charge < -0.3 is 19.9 Å². The van der Waals surface area contributed by atoms with Crippen LogP contribution in [-0.2, 0) is 21.2 Å². The molecule has 4 aliphatic rings. The molecule has 0 saturated carbocycles. The zero-order valence-corrected chi connectivity index (χ0v) is 23.3. The second-order valence-electron chi connectivity index (χ2n) is 10.8. The van der Waals surface area contributed by atoms with Crippen molar-refractivity contribution >= 4 is 33.1 Å². The normalized spacial score (nSPS) is 21.3. The molecular formula is C28H34N6O4S. The van der Waals surface area contributed by atoms with E-state index in [4.69, 9.17) is 4.74 Å². The van der Waals surface area contributed by atoms with Crippen molar-refractivity contribution in [3.8, 4) is 17.6 Å². The van der Waals surface area contributed by atoms with Gasteiger partial charge in [0.05, 0.1) is 22.8 Å². The molecule has 3 fully saturated rings. The Labute approximate surface area is 229 Å². The number of hydrogen-bond donors (Lipinski definition) is 1. The van der Waals surface area contributed by atoms with Crippen molar-refractivity contribution in [3.63, 3.8) is 0 Å². The van der Waals surface area contributed by atoms with Crippen molar-refractivity contribution in [2.75, 3.05) is 61.0 Å². The van der Waals surface area contributed by atoms with Gasteiger partial charge in [0.2, 0.25) is 0 Å². The zero-order valence-electron chi connectivity index (χ0n) is 22.4. The Morgan fingerprint density at radius 3 is 2.56 bits per heavy atom. The molecule has 39 heavy (non-hydrogen) atoms. The van der Waals surface area contributed by atoms with E-state index in [9.17, 15) is 13.2 Å². The maximum Gasteiger partial charge on any atom is 0.298 e. The number of fused-ring (bicyclic) bond motifs is 2. The zero-order chi connectivity index (χ0) is 27.1. The summed E-state index contributed by atoms with van der Waals surface area (Å²) in [5.41, 5.74) is 4.13. The van der Waals surface area contributed by atoms with E-state index in [-0.39, 0.29) is 17.4 Å². The molecule has 3 saturated heterocycles. The third-order valence-electron chi connectivity index (χ3n) is 8.38. The Kier molecular flexibility index (Phi) is 6.85. The van der Waals surface area contributed by atoms with Crippen LogP contribution in [-0.4, -0.2) is 90.9 Å². The molecule has 1 amide bonds. The Bertz CT molecular complexity index is 1440. The van der Waals surface area contributed by atoms with Gasteiger partial charge in [-0.1, -0.05) is 12.0 Å². The summed E-state index contributed by atoms with van der Waals surface area (Å²) in [4.78, 5) is 27.3. The fourth-order valence-corrected chi connectivity index (χ4v) is 7.27. The lowest BCUT2D eigenvalue weighted by Crippen LogP contribution is -2.61. The number of nitrogens with zero attached hydrogens (tertiary/aromatic N) is 5. The highest BCUT2D eigenvalue weighted by Gasteiger charge is 2.36. The maximum absolute atomic E-state index is 11.9. The van der Waals surface area contributed by atoms with Gasteiger partial charge >= 0.3 is 0 Å². The number of amides is 1. The van der Waals surface area contributed by atoms with Gasteiger partial charge in [-0.25, -0.2) is 18.4 Å². The first kappa shape index (κ1) is 25.9. The first-order chi connectivity index (χ1) is 18.8. The van der Waals surface area contributed by atoms with Crippen LogP contribution >= 0.6 is 0 Å². The fraction of sp³-hybridized carbons (Fsp3) is 0.536. The summed E-state index contributed by atoms with van der Waals surface area (Å²) < 4.78 is 30.2. The lowest BCUT2D eigenvalue weighted by atomic mass is 9.87. The highest BCUT2D eigenvalue weighted by Crippen LogP contribution is 2.41. The first-order valence-corrected chi connectivity index (χ1v) is 15.4. The van der Waals surface area contributed by atoms with Gasteiger partial charge in [-0.15, -0.1) is 0 Å². The molecule has 11 heteroatoms. The molecule has 0 unspecified atom stereocenters. The number of anilines is 3. The monoisotopic (exact) mass is 550 g/mol. The summed E-state index contributed by atoms with van der Waals surface area (Å²) in [6.07, 6.45) is 3.67. The highest BCUT2D eigenvalue weighted by molar-refractivity contribution is 7.91. The van der Waals surface area contributed by atoms with Gasteiger partial charge in [0.1, 0.15) is 30.3 Å². The molecule has 10 nitrogen and oxygen atoms in total. The Balaban J connectivity index is 1.14. The highest BCUT2D eigenvalue weighted by atomic mass is 32.2. The van der Waals surface area contributed by atoms with Gasteiger partial charge in [-0.05, 0) is 68.8 Å². The first-order valence-electron chi connectivity index (χ1n) is 13.6. The average molecular weight is 551 g/mol. The molecule has 0 aliphatic carbocycles. The molecule has 0 radical (unpaired) electrons. The van der Waals surface area contributed by atoms with Crippen molar-refractivity contribution in [1.29, 1.82) is 0 Å². The van der Waals surface area contributed by atoms with E-state index < -0.39 is 9.84 Å². The van der Waals surface area contributed by atoms with Crippen molar-refractivity contribution < 1.29 is 17.9 Å². The van der Waals surface area contributed by atoms with Crippen LogP contribution in [0.2, 0.25) is 0 Å². The number of sulfone groups is 1. The van der Waals surface area contributed by atoms with E-state index in [1.807, 2.05) is 9.80 Å². The second kappa shape index (κ2) is 10.3.